The van der Waals surface area contributed by atoms with Crippen LogP contribution in [0.5, 0.6) is 0 Å². The van der Waals surface area contributed by atoms with Crippen molar-refractivity contribution in [3.05, 3.63) is 64.4 Å². The molecule has 0 aromatic heterocycles. The Morgan fingerprint density at radius 1 is 1.03 bits per heavy atom. The topological polar surface area (TPSA) is 96.0 Å². The molecule has 2 fully saturated rings. The second-order valence-corrected chi connectivity index (χ2v) is 10.9. The summed E-state index contributed by atoms with van der Waals surface area (Å²) in [7, 11) is -3.80. The minimum absolute atomic E-state index is 0.0597. The molecule has 2 heterocycles. The van der Waals surface area contributed by atoms with Crippen molar-refractivity contribution in [3.63, 3.8) is 0 Å². The van der Waals surface area contributed by atoms with Crippen molar-refractivity contribution < 1.29 is 27.1 Å². The van der Waals surface area contributed by atoms with Crippen molar-refractivity contribution in [1.29, 1.82) is 0 Å². The summed E-state index contributed by atoms with van der Waals surface area (Å²) in [6.07, 6.45) is 0.630. The normalized spacial score (nSPS) is 17.8. The minimum atomic E-state index is -3.80. The summed E-state index contributed by atoms with van der Waals surface area (Å²) in [5.41, 5.74) is 0.776. The van der Waals surface area contributed by atoms with E-state index in [4.69, 9.17) is 16.3 Å². The maximum atomic E-state index is 14.1. The molecular weight excluding hydrogens is 497 g/mol. The van der Waals surface area contributed by atoms with Crippen molar-refractivity contribution in [2.24, 2.45) is 5.92 Å². The van der Waals surface area contributed by atoms with Crippen LogP contribution in [0.1, 0.15) is 28.8 Å². The number of piperidine rings is 1. The Bertz CT molecular complexity index is 1180. The number of sulfonamides is 1. The Morgan fingerprint density at radius 3 is 2.40 bits per heavy atom. The lowest BCUT2D eigenvalue weighted by Gasteiger charge is -2.31. The lowest BCUT2D eigenvalue weighted by molar-refractivity contribution is -0.120. The average Bonchev–Trinajstić information content (AvgIpc) is 2.87. The average molecular weight is 524 g/mol. The van der Waals surface area contributed by atoms with E-state index in [1.54, 1.807) is 29.2 Å². The van der Waals surface area contributed by atoms with E-state index in [-0.39, 0.29) is 35.5 Å². The molecule has 2 amide bonds. The first-order valence-corrected chi connectivity index (χ1v) is 13.4. The van der Waals surface area contributed by atoms with Gasteiger partial charge in [-0.15, -0.1) is 0 Å². The third-order valence-electron chi connectivity index (χ3n) is 6.32. The van der Waals surface area contributed by atoms with Gasteiger partial charge in [-0.2, -0.15) is 0 Å². The van der Waals surface area contributed by atoms with Crippen LogP contribution in [-0.2, 0) is 25.3 Å². The molecule has 188 valence electrons. The van der Waals surface area contributed by atoms with Gasteiger partial charge in [0.2, 0.25) is 15.9 Å². The van der Waals surface area contributed by atoms with Gasteiger partial charge >= 0.3 is 0 Å². The van der Waals surface area contributed by atoms with Gasteiger partial charge in [-0.3, -0.25) is 9.59 Å². The Labute approximate surface area is 209 Å². The van der Waals surface area contributed by atoms with Crippen molar-refractivity contribution in [3.8, 4) is 0 Å². The monoisotopic (exact) mass is 523 g/mol. The lowest BCUT2D eigenvalue weighted by Crippen LogP contribution is -2.42. The third kappa shape index (κ3) is 6.00. The number of benzene rings is 2. The molecule has 0 aliphatic carbocycles. The summed E-state index contributed by atoms with van der Waals surface area (Å²) in [5.74, 6) is -2.05. The molecule has 2 aromatic carbocycles. The SMILES string of the molecule is O=C(Nc1ccccc1C(=O)N1CCOCC1)C1CCN(S(=O)(=O)Cc2c(F)cccc2Cl)CC1. The highest BCUT2D eigenvalue weighted by molar-refractivity contribution is 7.88. The number of amides is 2. The van der Waals surface area contributed by atoms with Gasteiger partial charge in [-0.1, -0.05) is 29.8 Å². The van der Waals surface area contributed by atoms with E-state index >= 15 is 0 Å². The van der Waals surface area contributed by atoms with Gasteiger partial charge in [0, 0.05) is 42.7 Å². The Morgan fingerprint density at radius 2 is 1.71 bits per heavy atom. The molecule has 2 aromatic rings. The van der Waals surface area contributed by atoms with Crippen LogP contribution in [-0.4, -0.2) is 68.8 Å². The lowest BCUT2D eigenvalue weighted by atomic mass is 9.97. The molecule has 0 bridgehead atoms. The first kappa shape index (κ1) is 25.6. The Hall–Kier alpha value is -2.53. The molecule has 11 heteroatoms. The highest BCUT2D eigenvalue weighted by atomic mass is 35.5. The molecular formula is C24H27ClFN3O5S. The van der Waals surface area contributed by atoms with Gasteiger partial charge in [0.15, 0.2) is 0 Å². The van der Waals surface area contributed by atoms with Crippen LogP contribution in [0.25, 0.3) is 0 Å². The number of hydrogen-bond acceptors (Lipinski definition) is 5. The van der Waals surface area contributed by atoms with E-state index in [1.807, 2.05) is 0 Å². The number of halogens is 2. The quantitative estimate of drug-likeness (QED) is 0.627. The summed E-state index contributed by atoms with van der Waals surface area (Å²) in [5, 5.41) is 2.92. The molecule has 35 heavy (non-hydrogen) atoms. The van der Waals surface area contributed by atoms with Crippen molar-refractivity contribution in [1.82, 2.24) is 9.21 Å². The molecule has 0 atom stereocenters. The van der Waals surface area contributed by atoms with Gasteiger partial charge in [-0.05, 0) is 37.1 Å². The molecule has 0 unspecified atom stereocenters. The first-order chi connectivity index (χ1) is 16.8. The zero-order chi connectivity index (χ0) is 25.0. The first-order valence-electron chi connectivity index (χ1n) is 11.4. The fourth-order valence-corrected chi connectivity index (χ4v) is 6.21. The van der Waals surface area contributed by atoms with Crippen LogP contribution in [0, 0.1) is 11.7 Å². The Balaban J connectivity index is 1.37. The summed E-state index contributed by atoms with van der Waals surface area (Å²) in [6, 6.07) is 10.9. The molecule has 2 aliphatic rings. The summed E-state index contributed by atoms with van der Waals surface area (Å²) < 4.78 is 46.3. The number of morpholine rings is 1. The minimum Gasteiger partial charge on any atom is -0.378 e. The molecule has 0 spiro atoms. The third-order valence-corrected chi connectivity index (χ3v) is 8.48. The second kappa shape index (κ2) is 11.0. The smallest absolute Gasteiger partial charge is 0.256 e. The number of carbonyl (C=O) groups is 2. The van der Waals surface area contributed by atoms with Gasteiger partial charge in [0.1, 0.15) is 5.82 Å². The molecule has 0 radical (unpaired) electrons. The van der Waals surface area contributed by atoms with E-state index in [1.165, 1.54) is 22.5 Å². The zero-order valence-electron chi connectivity index (χ0n) is 19.1. The maximum absolute atomic E-state index is 14.1. The highest BCUT2D eigenvalue weighted by Gasteiger charge is 2.32. The summed E-state index contributed by atoms with van der Waals surface area (Å²) in [4.78, 5) is 27.6. The number of nitrogens with zero attached hydrogens (tertiary/aromatic N) is 2. The predicted octanol–water partition coefficient (Wildman–Crippen LogP) is 3.13. The number of hydrogen-bond donors (Lipinski definition) is 1. The van der Waals surface area contributed by atoms with Crippen LogP contribution in [0.2, 0.25) is 5.02 Å². The van der Waals surface area contributed by atoms with Crippen LogP contribution in [0.15, 0.2) is 42.5 Å². The zero-order valence-corrected chi connectivity index (χ0v) is 20.7. The van der Waals surface area contributed by atoms with Crippen LogP contribution < -0.4 is 5.32 Å². The maximum Gasteiger partial charge on any atom is 0.256 e. The Kier molecular flexibility index (Phi) is 8.05. The molecule has 8 nitrogen and oxygen atoms in total. The number of para-hydroxylation sites is 1. The summed E-state index contributed by atoms with van der Waals surface area (Å²) >= 11 is 5.99. The van der Waals surface area contributed by atoms with Gasteiger partial charge < -0.3 is 15.0 Å². The second-order valence-electron chi connectivity index (χ2n) is 8.57. The van der Waals surface area contributed by atoms with Crippen molar-refractivity contribution in [2.75, 3.05) is 44.7 Å². The van der Waals surface area contributed by atoms with Crippen LogP contribution in [0.4, 0.5) is 10.1 Å². The number of nitrogens with one attached hydrogen (secondary N) is 1. The van der Waals surface area contributed by atoms with E-state index < -0.39 is 27.5 Å². The molecule has 2 saturated heterocycles. The van der Waals surface area contributed by atoms with Gasteiger partial charge in [0.05, 0.1) is 30.2 Å². The number of rotatable bonds is 6. The van der Waals surface area contributed by atoms with E-state index in [9.17, 15) is 22.4 Å². The fraction of sp³-hybridized carbons (Fsp3) is 0.417. The highest BCUT2D eigenvalue weighted by Crippen LogP contribution is 2.27. The molecule has 2 aliphatic heterocycles. The van der Waals surface area contributed by atoms with E-state index in [2.05, 4.69) is 5.32 Å². The number of ether oxygens (including phenoxy) is 1. The van der Waals surface area contributed by atoms with E-state index in [0.29, 0.717) is 50.4 Å². The van der Waals surface area contributed by atoms with Crippen LogP contribution >= 0.6 is 11.6 Å². The van der Waals surface area contributed by atoms with E-state index in [0.717, 1.165) is 0 Å². The largest absolute Gasteiger partial charge is 0.378 e. The predicted molar refractivity (Wildman–Crippen MR) is 130 cm³/mol. The van der Waals surface area contributed by atoms with Crippen molar-refractivity contribution in [2.45, 2.75) is 18.6 Å². The molecule has 1 N–H and O–H groups in total. The standard InChI is InChI=1S/C24H27ClFN3O5S/c25-20-5-3-6-21(26)19(20)16-35(32,33)29-10-8-17(9-11-29)23(30)27-22-7-2-1-4-18(22)24(31)28-12-14-34-15-13-28/h1-7,17H,8-16H2,(H,27,30). The summed E-state index contributed by atoms with van der Waals surface area (Å²) in [6.45, 7) is 2.22. The fourth-order valence-electron chi connectivity index (χ4n) is 4.29. The van der Waals surface area contributed by atoms with Gasteiger partial charge in [-0.25, -0.2) is 17.1 Å². The van der Waals surface area contributed by atoms with Gasteiger partial charge in [0.25, 0.3) is 5.91 Å². The molecule has 0 saturated carbocycles. The molecule has 4 rings (SSSR count). The van der Waals surface area contributed by atoms with Crippen LogP contribution in [0.3, 0.4) is 0 Å². The number of anilines is 1. The number of carbonyl (C=O) groups excluding carboxylic acids is 2. The van der Waals surface area contributed by atoms with Crippen molar-refractivity contribution >= 4 is 39.1 Å².